The topological polar surface area (TPSA) is 3.24 Å². The SMILES string of the molecule is c1ccc(-c2cc3ccccc3c3ccccc23)c(-c2ccc(N(c3ccc(-c4cccc5ccccc45)cc3)c3ccc4c(c3)sc3c5ccccc5ccc43)cc2)c1. The predicted octanol–water partition coefficient (Wildman–Crippen LogP) is 17.1. The maximum Gasteiger partial charge on any atom is 0.0476 e. The highest BCUT2D eigenvalue weighted by molar-refractivity contribution is 7.26. The predicted molar refractivity (Wildman–Crippen MR) is 260 cm³/mol. The first kappa shape index (κ1) is 34.5. The van der Waals surface area contributed by atoms with Crippen LogP contribution in [-0.4, -0.2) is 0 Å². The molecule has 0 unspecified atom stereocenters. The van der Waals surface area contributed by atoms with Gasteiger partial charge in [0, 0.05) is 37.2 Å². The monoisotopic (exact) mass is 779 g/mol. The lowest BCUT2D eigenvalue weighted by Crippen LogP contribution is -2.09. The number of benzene rings is 11. The van der Waals surface area contributed by atoms with E-state index >= 15 is 0 Å². The van der Waals surface area contributed by atoms with E-state index in [0.29, 0.717) is 0 Å². The molecule has 0 saturated carbocycles. The maximum atomic E-state index is 2.40. The average molecular weight is 780 g/mol. The summed E-state index contributed by atoms with van der Waals surface area (Å²) in [5, 5.41) is 12.8. The van der Waals surface area contributed by atoms with Crippen LogP contribution < -0.4 is 4.90 Å². The molecular weight excluding hydrogens is 743 g/mol. The van der Waals surface area contributed by atoms with Crippen molar-refractivity contribution >= 4 is 91.7 Å². The van der Waals surface area contributed by atoms with Crippen molar-refractivity contribution in [2.24, 2.45) is 0 Å². The van der Waals surface area contributed by atoms with Crippen LogP contribution in [0.25, 0.3) is 96.6 Å². The third-order valence-corrected chi connectivity index (χ3v) is 13.5. The van der Waals surface area contributed by atoms with Crippen molar-refractivity contribution in [1.29, 1.82) is 0 Å². The van der Waals surface area contributed by atoms with Crippen LogP contribution in [0.2, 0.25) is 0 Å². The molecule has 1 nitrogen and oxygen atoms in total. The van der Waals surface area contributed by atoms with Gasteiger partial charge in [0.1, 0.15) is 0 Å². The number of thiophene rings is 1. The standard InChI is InChI=1S/C58H37NS/c1-4-16-46-38(12-1)15-11-23-47(46)40-24-29-43(30-25-40)59(45-33-35-54-55-34-28-39-13-2-6-19-50(39)58(55)60-57(54)37-45)44-31-26-41(27-32-44)48-17-7-8-21-52(48)56-36-42-14-3-5-18-49(42)51-20-9-10-22-53(51)56/h1-37H. The van der Waals surface area contributed by atoms with Gasteiger partial charge in [-0.25, -0.2) is 0 Å². The molecule has 0 aliphatic carbocycles. The smallest absolute Gasteiger partial charge is 0.0476 e. The van der Waals surface area contributed by atoms with Gasteiger partial charge in [-0.1, -0.05) is 182 Å². The number of anilines is 3. The Kier molecular flexibility index (Phi) is 8.11. The lowest BCUT2D eigenvalue weighted by molar-refractivity contribution is 1.29. The molecule has 0 N–H and O–H groups in total. The summed E-state index contributed by atoms with van der Waals surface area (Å²) in [5.41, 5.74) is 10.7. The Labute approximate surface area is 352 Å². The van der Waals surface area contributed by atoms with E-state index < -0.39 is 0 Å². The van der Waals surface area contributed by atoms with Crippen molar-refractivity contribution in [3.8, 4) is 33.4 Å². The molecule has 12 aromatic rings. The molecule has 60 heavy (non-hydrogen) atoms. The summed E-state index contributed by atoms with van der Waals surface area (Å²) >= 11 is 1.89. The number of hydrogen-bond acceptors (Lipinski definition) is 2. The summed E-state index contributed by atoms with van der Waals surface area (Å²) in [6.07, 6.45) is 0. The summed E-state index contributed by atoms with van der Waals surface area (Å²) in [6, 6.07) is 82.4. The third-order valence-electron chi connectivity index (χ3n) is 12.3. The Bertz CT molecular complexity index is 3590. The van der Waals surface area contributed by atoms with Crippen LogP contribution >= 0.6 is 11.3 Å². The van der Waals surface area contributed by atoms with E-state index in [2.05, 4.69) is 229 Å². The van der Waals surface area contributed by atoms with Gasteiger partial charge in [-0.3, -0.25) is 0 Å². The van der Waals surface area contributed by atoms with Crippen LogP contribution in [0.3, 0.4) is 0 Å². The van der Waals surface area contributed by atoms with Crippen molar-refractivity contribution in [3.05, 3.63) is 224 Å². The summed E-state index contributed by atoms with van der Waals surface area (Å²) in [4.78, 5) is 2.40. The third kappa shape index (κ3) is 5.68. The van der Waals surface area contributed by atoms with Crippen molar-refractivity contribution in [2.75, 3.05) is 4.90 Å². The second-order valence-corrected chi connectivity index (χ2v) is 16.7. The maximum absolute atomic E-state index is 2.40. The van der Waals surface area contributed by atoms with E-state index in [4.69, 9.17) is 0 Å². The van der Waals surface area contributed by atoms with E-state index in [1.807, 2.05) is 11.3 Å². The van der Waals surface area contributed by atoms with Gasteiger partial charge in [-0.2, -0.15) is 0 Å². The number of rotatable bonds is 6. The fraction of sp³-hybridized carbons (Fsp3) is 0. The minimum atomic E-state index is 1.11. The number of fused-ring (bicyclic) bond motifs is 9. The van der Waals surface area contributed by atoms with Gasteiger partial charge < -0.3 is 4.90 Å². The van der Waals surface area contributed by atoms with Crippen molar-refractivity contribution < 1.29 is 0 Å². The molecule has 0 aliphatic rings. The Hall–Kier alpha value is -7.52. The molecule has 0 saturated heterocycles. The first-order valence-corrected chi connectivity index (χ1v) is 21.4. The summed E-state index contributed by atoms with van der Waals surface area (Å²) < 4.78 is 2.62. The van der Waals surface area contributed by atoms with Gasteiger partial charge in [-0.05, 0) is 119 Å². The molecule has 0 spiro atoms. The van der Waals surface area contributed by atoms with Crippen LogP contribution in [-0.2, 0) is 0 Å². The van der Waals surface area contributed by atoms with Crippen LogP contribution in [0, 0.1) is 0 Å². The largest absolute Gasteiger partial charge is 0.310 e. The molecule has 2 heteroatoms. The zero-order chi connectivity index (χ0) is 39.6. The molecule has 0 fully saturated rings. The Balaban J connectivity index is 0.990. The van der Waals surface area contributed by atoms with Gasteiger partial charge in [0.15, 0.2) is 0 Å². The van der Waals surface area contributed by atoms with E-state index in [9.17, 15) is 0 Å². The number of hydrogen-bond donors (Lipinski definition) is 0. The highest BCUT2D eigenvalue weighted by Gasteiger charge is 2.18. The Morgan fingerprint density at radius 3 is 1.53 bits per heavy atom. The molecule has 280 valence electrons. The first-order chi connectivity index (χ1) is 29.7. The normalized spacial score (nSPS) is 11.7. The molecule has 1 aromatic heterocycles. The zero-order valence-corrected chi connectivity index (χ0v) is 33.5. The van der Waals surface area contributed by atoms with Gasteiger partial charge >= 0.3 is 0 Å². The van der Waals surface area contributed by atoms with E-state index in [-0.39, 0.29) is 0 Å². The number of nitrogens with zero attached hydrogens (tertiary/aromatic N) is 1. The molecule has 1 heterocycles. The van der Waals surface area contributed by atoms with Crippen LogP contribution in [0.5, 0.6) is 0 Å². The minimum Gasteiger partial charge on any atom is -0.310 e. The lowest BCUT2D eigenvalue weighted by Gasteiger charge is -2.26. The molecular formula is C58H37NS. The van der Waals surface area contributed by atoms with Gasteiger partial charge in [0.25, 0.3) is 0 Å². The molecule has 0 atom stereocenters. The highest BCUT2D eigenvalue weighted by atomic mass is 32.1. The molecule has 0 aliphatic heterocycles. The molecule has 0 amide bonds. The zero-order valence-electron chi connectivity index (χ0n) is 32.7. The van der Waals surface area contributed by atoms with Crippen molar-refractivity contribution in [1.82, 2.24) is 0 Å². The van der Waals surface area contributed by atoms with Gasteiger partial charge in [0.2, 0.25) is 0 Å². The van der Waals surface area contributed by atoms with Crippen LogP contribution in [0.15, 0.2) is 224 Å². The highest BCUT2D eigenvalue weighted by Crippen LogP contribution is 2.45. The molecule has 11 aromatic carbocycles. The second-order valence-electron chi connectivity index (χ2n) is 15.6. The fourth-order valence-electron chi connectivity index (χ4n) is 9.38. The van der Waals surface area contributed by atoms with Gasteiger partial charge in [0.05, 0.1) is 0 Å². The molecule has 0 bridgehead atoms. The summed E-state index contributed by atoms with van der Waals surface area (Å²) in [7, 11) is 0. The van der Waals surface area contributed by atoms with Gasteiger partial charge in [-0.15, -0.1) is 11.3 Å². The van der Waals surface area contributed by atoms with Crippen molar-refractivity contribution in [3.63, 3.8) is 0 Å². The quantitative estimate of drug-likeness (QED) is 0.152. The van der Waals surface area contributed by atoms with Crippen molar-refractivity contribution in [2.45, 2.75) is 0 Å². The van der Waals surface area contributed by atoms with Crippen LogP contribution in [0.4, 0.5) is 17.1 Å². The summed E-state index contributed by atoms with van der Waals surface area (Å²) in [6.45, 7) is 0. The van der Waals surface area contributed by atoms with E-state index in [1.165, 1.54) is 96.6 Å². The lowest BCUT2D eigenvalue weighted by atomic mass is 9.89. The second kappa shape index (κ2) is 14.1. The fourth-order valence-corrected chi connectivity index (χ4v) is 10.7. The first-order valence-electron chi connectivity index (χ1n) is 20.6. The van der Waals surface area contributed by atoms with Crippen LogP contribution in [0.1, 0.15) is 0 Å². The summed E-state index contributed by atoms with van der Waals surface area (Å²) in [5.74, 6) is 0. The Morgan fingerprint density at radius 1 is 0.267 bits per heavy atom. The average Bonchev–Trinajstić information content (AvgIpc) is 3.70. The van der Waals surface area contributed by atoms with E-state index in [1.54, 1.807) is 0 Å². The molecule has 12 rings (SSSR count). The molecule has 0 radical (unpaired) electrons. The Morgan fingerprint density at radius 2 is 0.783 bits per heavy atom. The van der Waals surface area contributed by atoms with E-state index in [0.717, 1.165) is 17.1 Å². The minimum absolute atomic E-state index is 1.11.